The SMILES string of the molecule is Nc1ccc(C(=O)Nc2ccccc2Br)cc1F. The van der Waals surface area contributed by atoms with Gasteiger partial charge in [0.05, 0.1) is 11.4 Å². The first-order chi connectivity index (χ1) is 8.58. The van der Waals surface area contributed by atoms with E-state index in [9.17, 15) is 9.18 Å². The van der Waals surface area contributed by atoms with Gasteiger partial charge in [-0.2, -0.15) is 0 Å². The third-order valence-electron chi connectivity index (χ3n) is 2.38. The lowest BCUT2D eigenvalue weighted by Crippen LogP contribution is -2.12. The zero-order valence-corrected chi connectivity index (χ0v) is 10.9. The van der Waals surface area contributed by atoms with Gasteiger partial charge in [0.25, 0.3) is 5.91 Å². The molecule has 0 unspecified atom stereocenters. The number of benzene rings is 2. The number of carbonyl (C=O) groups is 1. The van der Waals surface area contributed by atoms with Crippen molar-refractivity contribution in [2.45, 2.75) is 0 Å². The number of hydrogen-bond acceptors (Lipinski definition) is 2. The average molecular weight is 309 g/mol. The Balaban J connectivity index is 2.22. The van der Waals surface area contributed by atoms with Gasteiger partial charge >= 0.3 is 0 Å². The highest BCUT2D eigenvalue weighted by molar-refractivity contribution is 9.10. The number of carbonyl (C=O) groups excluding carboxylic acids is 1. The largest absolute Gasteiger partial charge is 0.396 e. The molecule has 18 heavy (non-hydrogen) atoms. The number of halogens is 2. The summed E-state index contributed by atoms with van der Waals surface area (Å²) in [6, 6.07) is 11.1. The Morgan fingerprint density at radius 3 is 2.61 bits per heavy atom. The van der Waals surface area contributed by atoms with Crippen LogP contribution in [0.5, 0.6) is 0 Å². The van der Waals surface area contributed by atoms with Crippen LogP contribution in [0.3, 0.4) is 0 Å². The minimum absolute atomic E-state index is 0.0208. The quantitative estimate of drug-likeness (QED) is 0.835. The number of amides is 1. The molecule has 5 heteroatoms. The molecule has 92 valence electrons. The van der Waals surface area contributed by atoms with E-state index in [-0.39, 0.29) is 17.2 Å². The van der Waals surface area contributed by atoms with Crippen LogP contribution in [0.25, 0.3) is 0 Å². The third-order valence-corrected chi connectivity index (χ3v) is 3.08. The first kappa shape index (κ1) is 12.6. The van der Waals surface area contributed by atoms with Crippen LogP contribution in [-0.2, 0) is 0 Å². The van der Waals surface area contributed by atoms with Crippen molar-refractivity contribution >= 4 is 33.2 Å². The van der Waals surface area contributed by atoms with Gasteiger partial charge in [0.15, 0.2) is 0 Å². The monoisotopic (exact) mass is 308 g/mol. The molecule has 0 spiro atoms. The molecule has 0 radical (unpaired) electrons. The molecular weight excluding hydrogens is 299 g/mol. The average Bonchev–Trinajstić information content (AvgIpc) is 2.35. The highest BCUT2D eigenvalue weighted by Gasteiger charge is 2.09. The Kier molecular flexibility index (Phi) is 3.62. The Morgan fingerprint density at radius 2 is 1.94 bits per heavy atom. The molecule has 0 aliphatic carbocycles. The van der Waals surface area contributed by atoms with Gasteiger partial charge in [0, 0.05) is 10.0 Å². The van der Waals surface area contributed by atoms with Crippen LogP contribution < -0.4 is 11.1 Å². The normalized spacial score (nSPS) is 10.1. The van der Waals surface area contributed by atoms with Crippen LogP contribution in [0, 0.1) is 5.82 Å². The minimum Gasteiger partial charge on any atom is -0.396 e. The van der Waals surface area contributed by atoms with E-state index in [1.807, 2.05) is 6.07 Å². The molecule has 0 fully saturated rings. The highest BCUT2D eigenvalue weighted by atomic mass is 79.9. The molecule has 2 aromatic carbocycles. The lowest BCUT2D eigenvalue weighted by molar-refractivity contribution is 0.102. The van der Waals surface area contributed by atoms with E-state index in [0.717, 1.165) is 10.5 Å². The van der Waals surface area contributed by atoms with Crippen molar-refractivity contribution in [2.75, 3.05) is 11.1 Å². The maximum atomic E-state index is 13.2. The second-order valence-corrected chi connectivity index (χ2v) is 4.52. The van der Waals surface area contributed by atoms with Gasteiger partial charge in [-0.05, 0) is 46.3 Å². The van der Waals surface area contributed by atoms with Gasteiger partial charge in [0.1, 0.15) is 5.82 Å². The van der Waals surface area contributed by atoms with Crippen molar-refractivity contribution in [3.63, 3.8) is 0 Å². The van der Waals surface area contributed by atoms with Crippen molar-refractivity contribution < 1.29 is 9.18 Å². The number of para-hydroxylation sites is 1. The molecule has 3 nitrogen and oxygen atoms in total. The first-order valence-electron chi connectivity index (χ1n) is 5.19. The number of anilines is 2. The van der Waals surface area contributed by atoms with Crippen molar-refractivity contribution in [2.24, 2.45) is 0 Å². The Bertz CT molecular complexity index is 601. The summed E-state index contributed by atoms with van der Waals surface area (Å²) in [6.07, 6.45) is 0. The zero-order valence-electron chi connectivity index (χ0n) is 9.28. The summed E-state index contributed by atoms with van der Waals surface area (Å²) in [7, 11) is 0. The number of rotatable bonds is 2. The van der Waals surface area contributed by atoms with Gasteiger partial charge in [-0.3, -0.25) is 4.79 Å². The van der Waals surface area contributed by atoms with E-state index in [0.29, 0.717) is 5.69 Å². The number of nitrogens with one attached hydrogen (secondary N) is 1. The van der Waals surface area contributed by atoms with Crippen LogP contribution in [0.1, 0.15) is 10.4 Å². The molecular formula is C13H10BrFN2O. The summed E-state index contributed by atoms with van der Waals surface area (Å²) >= 11 is 3.31. The van der Waals surface area contributed by atoms with Gasteiger partial charge in [-0.1, -0.05) is 12.1 Å². The second-order valence-electron chi connectivity index (χ2n) is 3.67. The predicted octanol–water partition coefficient (Wildman–Crippen LogP) is 3.42. The van der Waals surface area contributed by atoms with Crippen LogP contribution in [-0.4, -0.2) is 5.91 Å². The summed E-state index contributed by atoms with van der Waals surface area (Å²) in [4.78, 5) is 11.9. The molecule has 0 aliphatic heterocycles. The van der Waals surface area contributed by atoms with Crippen molar-refractivity contribution in [1.29, 1.82) is 0 Å². The fraction of sp³-hybridized carbons (Fsp3) is 0. The van der Waals surface area contributed by atoms with E-state index in [4.69, 9.17) is 5.73 Å². The van der Waals surface area contributed by atoms with Crippen molar-refractivity contribution in [3.05, 3.63) is 58.3 Å². The second kappa shape index (κ2) is 5.18. The van der Waals surface area contributed by atoms with E-state index < -0.39 is 5.82 Å². The maximum absolute atomic E-state index is 13.2. The Hall–Kier alpha value is -1.88. The van der Waals surface area contributed by atoms with Crippen LogP contribution in [0.4, 0.5) is 15.8 Å². The number of nitrogens with two attached hydrogens (primary N) is 1. The van der Waals surface area contributed by atoms with Crippen LogP contribution >= 0.6 is 15.9 Å². The summed E-state index contributed by atoms with van der Waals surface area (Å²) in [5, 5.41) is 2.68. The molecule has 0 atom stereocenters. The van der Waals surface area contributed by atoms with Gasteiger partial charge in [-0.15, -0.1) is 0 Å². The van der Waals surface area contributed by atoms with Crippen LogP contribution in [0.15, 0.2) is 46.9 Å². The molecule has 3 N–H and O–H groups in total. The van der Waals surface area contributed by atoms with Crippen LogP contribution in [0.2, 0.25) is 0 Å². The molecule has 0 saturated carbocycles. The molecule has 1 amide bonds. The smallest absolute Gasteiger partial charge is 0.255 e. The summed E-state index contributed by atoms with van der Waals surface area (Å²) < 4.78 is 14.0. The Labute approximate surface area is 112 Å². The van der Waals surface area contributed by atoms with E-state index in [2.05, 4.69) is 21.2 Å². The molecule has 2 rings (SSSR count). The minimum atomic E-state index is -0.602. The number of nitrogen functional groups attached to an aromatic ring is 1. The third kappa shape index (κ3) is 2.68. The topological polar surface area (TPSA) is 55.1 Å². The standard InChI is InChI=1S/C13H10BrFN2O/c14-9-3-1-2-4-12(9)17-13(18)8-5-6-11(16)10(15)7-8/h1-7H,16H2,(H,17,18). The fourth-order valence-corrected chi connectivity index (χ4v) is 1.81. The summed E-state index contributed by atoms with van der Waals surface area (Å²) in [5.74, 6) is -0.990. The molecule has 0 bridgehead atoms. The van der Waals surface area contributed by atoms with Gasteiger partial charge < -0.3 is 11.1 Å². The first-order valence-corrected chi connectivity index (χ1v) is 5.98. The molecule has 0 aromatic heterocycles. The molecule has 0 saturated heterocycles. The highest BCUT2D eigenvalue weighted by Crippen LogP contribution is 2.22. The van der Waals surface area contributed by atoms with E-state index >= 15 is 0 Å². The van der Waals surface area contributed by atoms with E-state index in [1.54, 1.807) is 18.2 Å². The van der Waals surface area contributed by atoms with Gasteiger partial charge in [0.2, 0.25) is 0 Å². The maximum Gasteiger partial charge on any atom is 0.255 e. The predicted molar refractivity (Wildman–Crippen MR) is 72.9 cm³/mol. The summed E-state index contributed by atoms with van der Waals surface area (Å²) in [6.45, 7) is 0. The van der Waals surface area contributed by atoms with Gasteiger partial charge in [-0.25, -0.2) is 4.39 Å². The Morgan fingerprint density at radius 1 is 1.22 bits per heavy atom. The van der Waals surface area contributed by atoms with E-state index in [1.165, 1.54) is 12.1 Å². The molecule has 2 aromatic rings. The number of hydrogen-bond donors (Lipinski definition) is 2. The molecule has 0 aliphatic rings. The lowest BCUT2D eigenvalue weighted by atomic mass is 10.2. The van der Waals surface area contributed by atoms with Crippen molar-refractivity contribution in [3.8, 4) is 0 Å². The van der Waals surface area contributed by atoms with Crippen molar-refractivity contribution in [1.82, 2.24) is 0 Å². The fourth-order valence-electron chi connectivity index (χ4n) is 1.43. The lowest BCUT2D eigenvalue weighted by Gasteiger charge is -2.07. The summed E-state index contributed by atoms with van der Waals surface area (Å²) in [5.41, 5.74) is 6.22. The zero-order chi connectivity index (χ0) is 13.1. The molecule has 0 heterocycles.